The first kappa shape index (κ1) is 24.8. The number of hydrogen-bond acceptors (Lipinski definition) is 3. The highest BCUT2D eigenvalue weighted by molar-refractivity contribution is 14.1. The van der Waals surface area contributed by atoms with Crippen LogP contribution in [0.25, 0.3) is 6.08 Å². The maximum atomic E-state index is 12.6. The van der Waals surface area contributed by atoms with Gasteiger partial charge < -0.3 is 10.1 Å². The second-order valence-electron chi connectivity index (χ2n) is 6.84. The van der Waals surface area contributed by atoms with Gasteiger partial charge in [-0.2, -0.15) is 5.26 Å². The van der Waals surface area contributed by atoms with Gasteiger partial charge in [0.1, 0.15) is 24.0 Å². The highest BCUT2D eigenvalue weighted by atomic mass is 127. The van der Waals surface area contributed by atoms with Crippen LogP contribution in [0.2, 0.25) is 10.0 Å². The normalized spacial score (nSPS) is 11.1. The van der Waals surface area contributed by atoms with Gasteiger partial charge >= 0.3 is 0 Å². The molecular formula is C24H16Cl2I2N2O2. The van der Waals surface area contributed by atoms with Crippen molar-refractivity contribution >= 4 is 86.1 Å². The molecule has 0 unspecified atom stereocenters. The van der Waals surface area contributed by atoms with Gasteiger partial charge in [-0.05, 0) is 99.6 Å². The molecule has 0 spiro atoms. The first-order valence-electron chi connectivity index (χ1n) is 9.32. The molecule has 32 heavy (non-hydrogen) atoms. The van der Waals surface area contributed by atoms with E-state index in [1.54, 1.807) is 18.2 Å². The van der Waals surface area contributed by atoms with E-state index in [1.165, 1.54) is 11.6 Å². The van der Waals surface area contributed by atoms with E-state index >= 15 is 0 Å². The second kappa shape index (κ2) is 11.4. The van der Waals surface area contributed by atoms with Crippen LogP contribution < -0.4 is 10.1 Å². The summed E-state index contributed by atoms with van der Waals surface area (Å²) in [6, 6.07) is 18.6. The van der Waals surface area contributed by atoms with Crippen LogP contribution in [0.4, 0.5) is 5.69 Å². The Morgan fingerprint density at radius 1 is 1.06 bits per heavy atom. The van der Waals surface area contributed by atoms with E-state index in [0.717, 1.165) is 24.0 Å². The number of halogens is 4. The van der Waals surface area contributed by atoms with Crippen LogP contribution in [-0.2, 0) is 11.4 Å². The third-order valence-electron chi connectivity index (χ3n) is 4.38. The molecule has 3 aromatic carbocycles. The molecule has 0 aromatic heterocycles. The van der Waals surface area contributed by atoms with Gasteiger partial charge in [-0.3, -0.25) is 4.79 Å². The van der Waals surface area contributed by atoms with Crippen molar-refractivity contribution in [3.8, 4) is 11.8 Å². The Morgan fingerprint density at radius 2 is 1.72 bits per heavy atom. The van der Waals surface area contributed by atoms with Gasteiger partial charge in [-0.25, -0.2) is 0 Å². The summed E-state index contributed by atoms with van der Waals surface area (Å²) in [6.07, 6.45) is 1.54. The molecule has 3 rings (SSSR count). The zero-order valence-corrected chi connectivity index (χ0v) is 22.6. The third-order valence-corrected chi connectivity index (χ3v) is 6.72. The number of carbonyl (C=O) groups is 1. The van der Waals surface area contributed by atoms with Crippen molar-refractivity contribution in [3.63, 3.8) is 0 Å². The van der Waals surface area contributed by atoms with Gasteiger partial charge in [-0.1, -0.05) is 53.0 Å². The van der Waals surface area contributed by atoms with Crippen LogP contribution in [0.5, 0.6) is 5.75 Å². The van der Waals surface area contributed by atoms with Crippen molar-refractivity contribution in [1.29, 1.82) is 5.26 Å². The molecule has 4 nitrogen and oxygen atoms in total. The minimum absolute atomic E-state index is 0.0315. The maximum Gasteiger partial charge on any atom is 0.266 e. The Hall–Kier alpha value is -1.80. The predicted octanol–water partition coefficient (Wildman–Crippen LogP) is 7.64. The van der Waals surface area contributed by atoms with Crippen molar-refractivity contribution in [1.82, 2.24) is 0 Å². The quantitative estimate of drug-likeness (QED) is 0.165. The Labute approximate surface area is 223 Å². The van der Waals surface area contributed by atoms with Gasteiger partial charge in [0.05, 0.1) is 17.2 Å². The van der Waals surface area contributed by atoms with Gasteiger partial charge in [0, 0.05) is 5.69 Å². The summed E-state index contributed by atoms with van der Waals surface area (Å²) in [4.78, 5) is 12.6. The van der Waals surface area contributed by atoms with Crippen molar-refractivity contribution in [2.24, 2.45) is 0 Å². The first-order chi connectivity index (χ1) is 15.3. The lowest BCUT2D eigenvalue weighted by Crippen LogP contribution is -2.13. The summed E-state index contributed by atoms with van der Waals surface area (Å²) in [5, 5.41) is 12.9. The minimum atomic E-state index is -0.532. The highest BCUT2D eigenvalue weighted by Crippen LogP contribution is 2.31. The average molecular weight is 689 g/mol. The zero-order chi connectivity index (χ0) is 23.3. The Kier molecular flexibility index (Phi) is 8.82. The third kappa shape index (κ3) is 6.61. The van der Waals surface area contributed by atoms with Crippen LogP contribution in [-0.4, -0.2) is 5.91 Å². The van der Waals surface area contributed by atoms with E-state index < -0.39 is 5.91 Å². The van der Waals surface area contributed by atoms with E-state index in [0.29, 0.717) is 22.3 Å². The molecule has 3 aromatic rings. The molecule has 1 N–H and O–H groups in total. The summed E-state index contributed by atoms with van der Waals surface area (Å²) in [5.41, 5.74) is 3.43. The summed E-state index contributed by atoms with van der Waals surface area (Å²) in [7, 11) is 0. The fraction of sp³-hybridized carbons (Fsp3) is 0.0833. The number of nitrogens with zero attached hydrogens (tertiary/aromatic N) is 1. The summed E-state index contributed by atoms with van der Waals surface area (Å²) in [6.45, 7) is 2.50. The van der Waals surface area contributed by atoms with E-state index in [-0.39, 0.29) is 5.57 Å². The largest absolute Gasteiger partial charge is 0.487 e. The number of carbonyl (C=O) groups excluding carboxylic acids is 1. The van der Waals surface area contributed by atoms with Crippen LogP contribution >= 0.6 is 68.4 Å². The van der Waals surface area contributed by atoms with E-state index in [4.69, 9.17) is 27.9 Å². The summed E-state index contributed by atoms with van der Waals surface area (Å²) in [5.74, 6) is 0.235. The lowest BCUT2D eigenvalue weighted by Gasteiger charge is -2.12. The van der Waals surface area contributed by atoms with Crippen LogP contribution in [0.3, 0.4) is 0 Å². The predicted molar refractivity (Wildman–Crippen MR) is 146 cm³/mol. The Morgan fingerprint density at radius 3 is 2.31 bits per heavy atom. The zero-order valence-electron chi connectivity index (χ0n) is 16.8. The minimum Gasteiger partial charge on any atom is -0.487 e. The summed E-state index contributed by atoms with van der Waals surface area (Å²) < 4.78 is 7.79. The first-order valence-corrected chi connectivity index (χ1v) is 12.2. The smallest absolute Gasteiger partial charge is 0.266 e. The van der Waals surface area contributed by atoms with Crippen molar-refractivity contribution in [2.45, 2.75) is 13.5 Å². The van der Waals surface area contributed by atoms with Crippen LogP contribution in [0.1, 0.15) is 16.7 Å². The number of rotatable bonds is 6. The fourth-order valence-electron chi connectivity index (χ4n) is 2.73. The number of amides is 1. The number of nitrogens with one attached hydrogen (secondary N) is 1. The maximum absolute atomic E-state index is 12.6. The molecular weight excluding hydrogens is 673 g/mol. The Bertz CT molecular complexity index is 1210. The van der Waals surface area contributed by atoms with E-state index in [1.807, 2.05) is 37.3 Å². The number of benzene rings is 3. The molecule has 0 aliphatic rings. The van der Waals surface area contributed by atoms with E-state index in [2.05, 4.69) is 62.6 Å². The lowest BCUT2D eigenvalue weighted by atomic mass is 10.1. The van der Waals surface area contributed by atoms with Gasteiger partial charge in [0.15, 0.2) is 0 Å². The molecule has 0 saturated carbocycles. The molecule has 0 saturated heterocycles. The molecule has 0 aliphatic heterocycles. The molecule has 0 heterocycles. The molecule has 8 heteroatoms. The SMILES string of the molecule is Cc1ccc(COc2c(I)cc(/C=C(\C#N)C(=O)Nc3ccc(Cl)c(Cl)c3)cc2I)cc1. The van der Waals surface area contributed by atoms with Crippen molar-refractivity contribution in [2.75, 3.05) is 5.32 Å². The van der Waals surface area contributed by atoms with Gasteiger partial charge in [0.25, 0.3) is 5.91 Å². The molecule has 162 valence electrons. The van der Waals surface area contributed by atoms with Crippen molar-refractivity contribution in [3.05, 3.63) is 94.0 Å². The molecule has 0 bridgehead atoms. The molecule has 0 aliphatic carbocycles. The topological polar surface area (TPSA) is 62.1 Å². The van der Waals surface area contributed by atoms with Crippen LogP contribution in [0.15, 0.2) is 60.2 Å². The van der Waals surface area contributed by atoms with Crippen LogP contribution in [0, 0.1) is 25.4 Å². The molecule has 0 radical (unpaired) electrons. The van der Waals surface area contributed by atoms with E-state index in [9.17, 15) is 10.1 Å². The number of anilines is 1. The van der Waals surface area contributed by atoms with Crippen molar-refractivity contribution < 1.29 is 9.53 Å². The standard InChI is InChI=1S/C24H16Cl2I2N2O2/c1-14-2-4-15(5-3-14)13-32-23-21(27)9-16(10-22(23)28)8-17(12-29)24(31)30-18-6-7-19(25)20(26)11-18/h2-11H,13H2,1H3,(H,30,31)/b17-8+. The lowest BCUT2D eigenvalue weighted by molar-refractivity contribution is -0.112. The van der Waals surface area contributed by atoms with Gasteiger partial charge in [0.2, 0.25) is 0 Å². The van der Waals surface area contributed by atoms with Gasteiger partial charge in [-0.15, -0.1) is 0 Å². The second-order valence-corrected chi connectivity index (χ2v) is 9.98. The average Bonchev–Trinajstić information content (AvgIpc) is 2.75. The fourth-order valence-corrected chi connectivity index (χ4v) is 5.15. The number of ether oxygens (including phenoxy) is 1. The molecule has 0 fully saturated rings. The number of hydrogen-bond donors (Lipinski definition) is 1. The summed E-state index contributed by atoms with van der Waals surface area (Å²) >= 11 is 16.3. The molecule has 1 amide bonds. The molecule has 0 atom stereocenters. The monoisotopic (exact) mass is 688 g/mol. The number of nitriles is 1. The highest BCUT2D eigenvalue weighted by Gasteiger charge is 2.13. The Balaban J connectivity index is 1.77. The number of aryl methyl sites for hydroxylation is 1.